The maximum atomic E-state index is 2.44. The lowest BCUT2D eigenvalue weighted by Gasteiger charge is -2.32. The third-order valence-corrected chi connectivity index (χ3v) is 4.60. The Morgan fingerprint density at radius 2 is 1.69 bits per heavy atom. The molecular weight excluding hydrogens is 192 g/mol. The summed E-state index contributed by atoms with van der Waals surface area (Å²) in [7, 11) is 0. The van der Waals surface area contributed by atoms with Crippen molar-refractivity contribution < 1.29 is 0 Å². The quantitative estimate of drug-likeness (QED) is 0.644. The summed E-state index contributed by atoms with van der Waals surface area (Å²) in [5, 5.41) is 0. The Balaban J connectivity index is 2.65. The van der Waals surface area contributed by atoms with Crippen molar-refractivity contribution in [2.45, 2.75) is 58.8 Å². The average molecular weight is 216 g/mol. The monoisotopic (exact) mass is 216 g/mol. The summed E-state index contributed by atoms with van der Waals surface area (Å²) in [4.78, 5) is 0. The van der Waals surface area contributed by atoms with Crippen LogP contribution in [0.1, 0.15) is 57.7 Å². The van der Waals surface area contributed by atoms with Gasteiger partial charge in [0.15, 0.2) is 0 Å². The number of hydrogen-bond acceptors (Lipinski definition) is 0. The fraction of sp³-hybridized carbons (Fsp3) is 0.625. The minimum Gasteiger partial charge on any atom is -0.0619 e. The first kappa shape index (κ1) is 11.7. The molecule has 1 aromatic carbocycles. The number of hydrogen-bond donors (Lipinski definition) is 0. The van der Waals surface area contributed by atoms with E-state index in [1.165, 1.54) is 12.0 Å². The molecule has 0 heterocycles. The summed E-state index contributed by atoms with van der Waals surface area (Å²) < 4.78 is 0. The van der Waals surface area contributed by atoms with E-state index in [-0.39, 0.29) is 0 Å². The lowest BCUT2D eigenvalue weighted by molar-refractivity contribution is 0.290. The van der Waals surface area contributed by atoms with Gasteiger partial charge in [0, 0.05) is 0 Å². The van der Waals surface area contributed by atoms with Crippen LogP contribution in [0.4, 0.5) is 0 Å². The minimum atomic E-state index is 0.335. The SMILES string of the molecule is Cc1ccc2c(c1)C(C)(C(C)C)CC2(C)C. The van der Waals surface area contributed by atoms with Crippen molar-refractivity contribution in [3.05, 3.63) is 34.9 Å². The van der Waals surface area contributed by atoms with Gasteiger partial charge in [0.25, 0.3) is 0 Å². The molecule has 0 radical (unpaired) electrons. The highest BCUT2D eigenvalue weighted by Gasteiger charge is 2.46. The molecule has 0 amide bonds. The molecule has 0 saturated carbocycles. The third kappa shape index (κ3) is 1.50. The normalized spacial score (nSPS) is 27.2. The van der Waals surface area contributed by atoms with Gasteiger partial charge in [-0.1, -0.05) is 58.4 Å². The van der Waals surface area contributed by atoms with Crippen molar-refractivity contribution in [2.24, 2.45) is 5.92 Å². The van der Waals surface area contributed by atoms with Gasteiger partial charge < -0.3 is 0 Å². The molecule has 1 aliphatic rings. The Bertz CT molecular complexity index is 412. The Morgan fingerprint density at radius 3 is 2.25 bits per heavy atom. The lowest BCUT2D eigenvalue weighted by Crippen LogP contribution is -2.27. The topological polar surface area (TPSA) is 0 Å². The zero-order chi connectivity index (χ0) is 12.1. The Morgan fingerprint density at radius 1 is 1.06 bits per heavy atom. The molecule has 1 unspecified atom stereocenters. The van der Waals surface area contributed by atoms with Crippen LogP contribution in [0.5, 0.6) is 0 Å². The standard InChI is InChI=1S/C16H24/c1-11(2)16(6)10-15(4,5)13-8-7-12(3)9-14(13)16/h7-9,11H,10H2,1-6H3. The fourth-order valence-electron chi connectivity index (χ4n) is 3.34. The molecule has 0 N–H and O–H groups in total. The third-order valence-electron chi connectivity index (χ3n) is 4.60. The molecule has 1 aromatic rings. The molecule has 2 rings (SSSR count). The molecule has 88 valence electrons. The van der Waals surface area contributed by atoms with Gasteiger partial charge in [0.1, 0.15) is 0 Å². The van der Waals surface area contributed by atoms with Crippen LogP contribution in [0, 0.1) is 12.8 Å². The molecular formula is C16H24. The zero-order valence-corrected chi connectivity index (χ0v) is 11.5. The van der Waals surface area contributed by atoms with Gasteiger partial charge in [0.2, 0.25) is 0 Å². The molecule has 0 aliphatic heterocycles. The van der Waals surface area contributed by atoms with E-state index in [2.05, 4.69) is 59.7 Å². The molecule has 0 spiro atoms. The van der Waals surface area contributed by atoms with Crippen LogP contribution in [-0.4, -0.2) is 0 Å². The predicted molar refractivity (Wildman–Crippen MR) is 71.0 cm³/mol. The highest BCUT2D eigenvalue weighted by atomic mass is 14.5. The van der Waals surface area contributed by atoms with E-state index < -0.39 is 0 Å². The van der Waals surface area contributed by atoms with E-state index in [0.29, 0.717) is 16.7 Å². The summed E-state index contributed by atoms with van der Waals surface area (Å²) in [6, 6.07) is 7.01. The second-order valence-electron chi connectivity index (χ2n) is 6.68. The lowest BCUT2D eigenvalue weighted by atomic mass is 9.72. The van der Waals surface area contributed by atoms with Crippen LogP contribution in [0.15, 0.2) is 18.2 Å². The molecule has 0 saturated heterocycles. The molecule has 1 atom stereocenters. The molecule has 16 heavy (non-hydrogen) atoms. The van der Waals surface area contributed by atoms with Crippen molar-refractivity contribution in [3.8, 4) is 0 Å². The summed E-state index contributed by atoms with van der Waals surface area (Å²) in [6.45, 7) is 14.1. The van der Waals surface area contributed by atoms with Crippen molar-refractivity contribution in [3.63, 3.8) is 0 Å². The number of fused-ring (bicyclic) bond motifs is 1. The molecule has 0 bridgehead atoms. The summed E-state index contributed by atoms with van der Waals surface area (Å²) in [6.07, 6.45) is 1.27. The van der Waals surface area contributed by atoms with E-state index in [0.717, 1.165) is 0 Å². The van der Waals surface area contributed by atoms with Gasteiger partial charge in [0.05, 0.1) is 0 Å². The van der Waals surface area contributed by atoms with Gasteiger partial charge in [-0.05, 0) is 41.2 Å². The molecule has 0 nitrogen and oxygen atoms in total. The maximum absolute atomic E-state index is 2.44. The number of rotatable bonds is 1. The van der Waals surface area contributed by atoms with Crippen LogP contribution < -0.4 is 0 Å². The Kier molecular flexibility index (Phi) is 2.45. The second-order valence-corrected chi connectivity index (χ2v) is 6.68. The highest BCUT2D eigenvalue weighted by Crippen LogP contribution is 2.52. The van der Waals surface area contributed by atoms with Gasteiger partial charge in [-0.2, -0.15) is 0 Å². The first-order valence-electron chi connectivity index (χ1n) is 6.39. The van der Waals surface area contributed by atoms with E-state index in [4.69, 9.17) is 0 Å². The van der Waals surface area contributed by atoms with Gasteiger partial charge in [-0.3, -0.25) is 0 Å². The van der Waals surface area contributed by atoms with Crippen molar-refractivity contribution in [1.82, 2.24) is 0 Å². The smallest absolute Gasteiger partial charge is 0.00410 e. The van der Waals surface area contributed by atoms with E-state index in [9.17, 15) is 0 Å². The van der Waals surface area contributed by atoms with Crippen LogP contribution >= 0.6 is 0 Å². The summed E-state index contributed by atoms with van der Waals surface area (Å²) in [5.74, 6) is 0.704. The first-order chi connectivity index (χ1) is 7.27. The minimum absolute atomic E-state index is 0.335. The molecule has 0 aromatic heterocycles. The van der Waals surface area contributed by atoms with Crippen molar-refractivity contribution in [2.75, 3.05) is 0 Å². The van der Waals surface area contributed by atoms with E-state index in [1.807, 2.05) is 0 Å². The molecule has 0 fully saturated rings. The van der Waals surface area contributed by atoms with Gasteiger partial charge >= 0.3 is 0 Å². The van der Waals surface area contributed by atoms with Crippen LogP contribution in [0.3, 0.4) is 0 Å². The molecule has 0 heteroatoms. The first-order valence-corrected chi connectivity index (χ1v) is 6.39. The summed E-state index contributed by atoms with van der Waals surface area (Å²) >= 11 is 0. The fourth-order valence-corrected chi connectivity index (χ4v) is 3.34. The largest absolute Gasteiger partial charge is 0.0619 e. The predicted octanol–water partition coefficient (Wildman–Crippen LogP) is 4.59. The number of benzene rings is 1. The highest BCUT2D eigenvalue weighted by molar-refractivity contribution is 5.47. The van der Waals surface area contributed by atoms with E-state index in [1.54, 1.807) is 11.1 Å². The molecule has 1 aliphatic carbocycles. The average Bonchev–Trinajstić information content (AvgIpc) is 2.35. The van der Waals surface area contributed by atoms with Crippen LogP contribution in [-0.2, 0) is 10.8 Å². The van der Waals surface area contributed by atoms with Crippen molar-refractivity contribution >= 4 is 0 Å². The zero-order valence-electron chi connectivity index (χ0n) is 11.5. The van der Waals surface area contributed by atoms with E-state index >= 15 is 0 Å². The Hall–Kier alpha value is -0.780. The summed E-state index contributed by atoms with van der Waals surface area (Å²) in [5.41, 5.74) is 5.23. The van der Waals surface area contributed by atoms with Crippen LogP contribution in [0.2, 0.25) is 0 Å². The van der Waals surface area contributed by atoms with Gasteiger partial charge in [-0.25, -0.2) is 0 Å². The Labute approximate surface area is 100 Å². The van der Waals surface area contributed by atoms with Crippen LogP contribution in [0.25, 0.3) is 0 Å². The van der Waals surface area contributed by atoms with Crippen molar-refractivity contribution in [1.29, 1.82) is 0 Å². The van der Waals surface area contributed by atoms with Gasteiger partial charge in [-0.15, -0.1) is 0 Å². The second kappa shape index (κ2) is 3.35. The number of aryl methyl sites for hydroxylation is 1. The maximum Gasteiger partial charge on any atom is -0.00410 e.